The number of anilines is 3. The van der Waals surface area contributed by atoms with E-state index in [1.807, 2.05) is 73.7 Å². The summed E-state index contributed by atoms with van der Waals surface area (Å²) >= 11 is 0. The van der Waals surface area contributed by atoms with E-state index in [2.05, 4.69) is 21.7 Å². The molecule has 0 atom stereocenters. The number of nitrogens with zero attached hydrogens (tertiary/aromatic N) is 2. The predicted octanol–water partition coefficient (Wildman–Crippen LogP) is 4.62. The van der Waals surface area contributed by atoms with Crippen LogP contribution in [0, 0.1) is 18.3 Å². The van der Waals surface area contributed by atoms with Crippen molar-refractivity contribution in [3.8, 4) is 6.07 Å². The van der Waals surface area contributed by atoms with Crippen molar-refractivity contribution in [3.63, 3.8) is 0 Å². The van der Waals surface area contributed by atoms with Crippen LogP contribution in [-0.2, 0) is 6.54 Å². The molecule has 4 heteroatoms. The predicted molar refractivity (Wildman–Crippen MR) is 97.2 cm³/mol. The number of nitriles is 1. The zero-order valence-corrected chi connectivity index (χ0v) is 13.5. The minimum absolute atomic E-state index is 0.574. The average molecular weight is 314 g/mol. The minimum Gasteiger partial charge on any atom is -0.365 e. The van der Waals surface area contributed by atoms with Crippen LogP contribution >= 0.6 is 0 Å². The Kier molecular flexibility index (Phi) is 4.73. The Balaban J connectivity index is 1.85. The fourth-order valence-electron chi connectivity index (χ4n) is 2.46. The van der Waals surface area contributed by atoms with Crippen LogP contribution in [0.4, 0.5) is 17.3 Å². The van der Waals surface area contributed by atoms with E-state index < -0.39 is 0 Å². The maximum atomic E-state index is 9.43. The number of pyridine rings is 1. The summed E-state index contributed by atoms with van der Waals surface area (Å²) in [5.41, 5.74) is 3.57. The molecule has 0 amide bonds. The number of hydrogen-bond donors (Lipinski definition) is 2. The smallest absolute Gasteiger partial charge is 0.146 e. The van der Waals surface area contributed by atoms with E-state index in [1.165, 1.54) is 0 Å². The first-order valence-corrected chi connectivity index (χ1v) is 7.78. The van der Waals surface area contributed by atoms with E-state index in [0.29, 0.717) is 23.7 Å². The number of hydrogen-bond acceptors (Lipinski definition) is 4. The number of para-hydroxylation sites is 1. The molecule has 2 N–H and O–H groups in total. The molecule has 2 aromatic carbocycles. The van der Waals surface area contributed by atoms with Gasteiger partial charge in [0.2, 0.25) is 0 Å². The van der Waals surface area contributed by atoms with Crippen molar-refractivity contribution in [1.82, 2.24) is 4.98 Å². The summed E-state index contributed by atoms with van der Waals surface area (Å²) < 4.78 is 0. The first-order valence-electron chi connectivity index (χ1n) is 7.78. The Morgan fingerprint density at radius 1 is 1.00 bits per heavy atom. The summed E-state index contributed by atoms with van der Waals surface area (Å²) in [5.74, 6) is 1.31. The van der Waals surface area contributed by atoms with E-state index in [1.54, 1.807) is 0 Å². The second kappa shape index (κ2) is 7.30. The molecular weight excluding hydrogens is 296 g/mol. The Morgan fingerprint density at radius 3 is 2.33 bits per heavy atom. The number of rotatable bonds is 5. The third-order valence-electron chi connectivity index (χ3n) is 3.68. The second-order valence-electron chi connectivity index (χ2n) is 5.49. The molecule has 0 saturated carbocycles. The van der Waals surface area contributed by atoms with Gasteiger partial charge >= 0.3 is 0 Å². The molecule has 24 heavy (non-hydrogen) atoms. The Morgan fingerprint density at radius 2 is 1.67 bits per heavy atom. The summed E-state index contributed by atoms with van der Waals surface area (Å²) in [5, 5.41) is 16.0. The second-order valence-corrected chi connectivity index (χ2v) is 5.49. The molecule has 0 spiro atoms. The standard InChI is InChI=1S/C20H18N4/c1-15-12-19(23-17-10-6-3-7-11-17)24-20(18(15)13-21)22-14-16-8-4-2-5-9-16/h2-12H,14H2,1H3,(H2,22,23,24). The van der Waals surface area contributed by atoms with E-state index in [9.17, 15) is 5.26 Å². The zero-order chi connectivity index (χ0) is 16.8. The van der Waals surface area contributed by atoms with E-state index in [4.69, 9.17) is 0 Å². The van der Waals surface area contributed by atoms with Gasteiger partial charge in [-0.05, 0) is 36.2 Å². The van der Waals surface area contributed by atoms with Gasteiger partial charge in [0.25, 0.3) is 0 Å². The van der Waals surface area contributed by atoms with Crippen molar-refractivity contribution in [2.75, 3.05) is 10.6 Å². The Hall–Kier alpha value is -3.32. The van der Waals surface area contributed by atoms with E-state index >= 15 is 0 Å². The van der Waals surface area contributed by atoms with Gasteiger partial charge in [0.15, 0.2) is 0 Å². The van der Waals surface area contributed by atoms with Crippen LogP contribution in [0.5, 0.6) is 0 Å². The average Bonchev–Trinajstić information content (AvgIpc) is 2.61. The van der Waals surface area contributed by atoms with Gasteiger partial charge in [-0.15, -0.1) is 0 Å². The van der Waals surface area contributed by atoms with Crippen LogP contribution in [0.15, 0.2) is 66.7 Å². The molecule has 0 radical (unpaired) electrons. The SMILES string of the molecule is Cc1cc(Nc2ccccc2)nc(NCc2ccccc2)c1C#N. The van der Waals surface area contributed by atoms with Gasteiger partial charge in [-0.3, -0.25) is 0 Å². The van der Waals surface area contributed by atoms with Gasteiger partial charge in [0, 0.05) is 12.2 Å². The van der Waals surface area contributed by atoms with Gasteiger partial charge in [0.05, 0.1) is 5.56 Å². The molecule has 0 aliphatic heterocycles. The highest BCUT2D eigenvalue weighted by molar-refractivity contribution is 5.64. The topological polar surface area (TPSA) is 60.7 Å². The van der Waals surface area contributed by atoms with Crippen LogP contribution in [0.1, 0.15) is 16.7 Å². The molecule has 0 aliphatic rings. The van der Waals surface area contributed by atoms with Crippen LogP contribution in [-0.4, -0.2) is 4.98 Å². The van der Waals surface area contributed by atoms with Crippen molar-refractivity contribution in [2.45, 2.75) is 13.5 Å². The van der Waals surface area contributed by atoms with Crippen molar-refractivity contribution in [3.05, 3.63) is 83.4 Å². The summed E-state index contributed by atoms with van der Waals surface area (Å²) in [7, 11) is 0. The van der Waals surface area contributed by atoms with Crippen molar-refractivity contribution in [2.24, 2.45) is 0 Å². The van der Waals surface area contributed by atoms with Crippen LogP contribution in [0.2, 0.25) is 0 Å². The molecule has 0 bridgehead atoms. The minimum atomic E-state index is 0.574. The summed E-state index contributed by atoms with van der Waals surface area (Å²) in [4.78, 5) is 4.57. The van der Waals surface area contributed by atoms with Gasteiger partial charge < -0.3 is 10.6 Å². The van der Waals surface area contributed by atoms with Gasteiger partial charge in [-0.25, -0.2) is 4.98 Å². The molecule has 0 aliphatic carbocycles. The van der Waals surface area contributed by atoms with E-state index in [-0.39, 0.29) is 0 Å². The maximum absolute atomic E-state index is 9.43. The third kappa shape index (κ3) is 3.71. The summed E-state index contributed by atoms with van der Waals surface area (Å²) in [6.45, 7) is 2.54. The molecule has 3 aromatic rings. The fraction of sp³-hybridized carbons (Fsp3) is 0.100. The molecule has 0 saturated heterocycles. The number of aromatic nitrogens is 1. The lowest BCUT2D eigenvalue weighted by molar-refractivity contribution is 1.10. The van der Waals surface area contributed by atoms with Crippen molar-refractivity contribution in [1.29, 1.82) is 5.26 Å². The van der Waals surface area contributed by atoms with Gasteiger partial charge in [0.1, 0.15) is 17.7 Å². The summed E-state index contributed by atoms with van der Waals surface area (Å²) in [6, 6.07) is 24.0. The zero-order valence-electron chi connectivity index (χ0n) is 13.5. The lowest BCUT2D eigenvalue weighted by atomic mass is 10.1. The normalized spacial score (nSPS) is 10.0. The molecular formula is C20H18N4. The maximum Gasteiger partial charge on any atom is 0.146 e. The van der Waals surface area contributed by atoms with E-state index in [0.717, 1.165) is 16.8 Å². The quantitative estimate of drug-likeness (QED) is 0.721. The van der Waals surface area contributed by atoms with Crippen LogP contribution in [0.25, 0.3) is 0 Å². The fourth-order valence-corrected chi connectivity index (χ4v) is 2.46. The van der Waals surface area contributed by atoms with Crippen LogP contribution in [0.3, 0.4) is 0 Å². The lowest BCUT2D eigenvalue weighted by Gasteiger charge is -2.13. The third-order valence-corrected chi connectivity index (χ3v) is 3.68. The highest BCUT2D eigenvalue weighted by atomic mass is 15.1. The molecule has 1 aromatic heterocycles. The lowest BCUT2D eigenvalue weighted by Crippen LogP contribution is -2.06. The highest BCUT2D eigenvalue weighted by Crippen LogP contribution is 2.23. The van der Waals surface area contributed by atoms with Crippen molar-refractivity contribution < 1.29 is 0 Å². The Labute approximate surface area is 141 Å². The Bertz CT molecular complexity index is 852. The molecule has 0 unspecified atom stereocenters. The number of nitrogens with one attached hydrogen (secondary N) is 2. The monoisotopic (exact) mass is 314 g/mol. The van der Waals surface area contributed by atoms with Crippen molar-refractivity contribution >= 4 is 17.3 Å². The summed E-state index contributed by atoms with van der Waals surface area (Å²) in [6.07, 6.45) is 0. The van der Waals surface area contributed by atoms with Gasteiger partial charge in [-0.1, -0.05) is 48.5 Å². The van der Waals surface area contributed by atoms with Crippen LogP contribution < -0.4 is 10.6 Å². The number of benzene rings is 2. The largest absolute Gasteiger partial charge is 0.365 e. The number of aryl methyl sites for hydroxylation is 1. The first kappa shape index (κ1) is 15.6. The highest BCUT2D eigenvalue weighted by Gasteiger charge is 2.10. The first-order chi connectivity index (χ1) is 11.8. The molecule has 1 heterocycles. The molecule has 0 fully saturated rings. The van der Waals surface area contributed by atoms with Gasteiger partial charge in [-0.2, -0.15) is 5.26 Å². The molecule has 3 rings (SSSR count). The molecule has 4 nitrogen and oxygen atoms in total. The molecule has 118 valence electrons.